The van der Waals surface area contributed by atoms with Crippen LogP contribution < -0.4 is 0 Å². The average Bonchev–Trinajstić information content (AvgIpc) is 2.38. The minimum Gasteiger partial charge on any atom is -0.463 e. The fraction of sp³-hybridized carbons (Fsp3) is 0.895. The summed E-state index contributed by atoms with van der Waals surface area (Å²) in [6.07, 6.45) is 1.66. The predicted octanol–water partition coefficient (Wildman–Crippen LogP) is 5.38. The fourth-order valence-electron chi connectivity index (χ4n) is 0.980. The molecule has 0 aromatic carbocycles. The number of carbonyl (C=O) groups is 2. The van der Waals surface area contributed by atoms with Crippen molar-refractivity contribution in [3.8, 4) is 0 Å². The van der Waals surface area contributed by atoms with E-state index in [1.807, 2.05) is 69.2 Å². The third kappa shape index (κ3) is 13.1. The Bertz CT molecular complexity index is 341. The summed E-state index contributed by atoms with van der Waals surface area (Å²) in [4.78, 5) is 22.4. The number of ether oxygens (including phenoxy) is 2. The average molecular weight is 333 g/mol. The summed E-state index contributed by atoms with van der Waals surface area (Å²) in [7, 11) is 0. The van der Waals surface area contributed by atoms with Gasteiger partial charge < -0.3 is 9.47 Å². The maximum absolute atomic E-state index is 11.3. The van der Waals surface area contributed by atoms with Crippen molar-refractivity contribution in [2.75, 3.05) is 0 Å². The molecule has 23 heavy (non-hydrogen) atoms. The maximum Gasteiger partial charge on any atom is 0.311 e. The van der Waals surface area contributed by atoms with Crippen LogP contribution in [0.25, 0.3) is 0 Å². The van der Waals surface area contributed by atoms with Gasteiger partial charge in [0.15, 0.2) is 0 Å². The molecule has 0 saturated heterocycles. The van der Waals surface area contributed by atoms with Crippen molar-refractivity contribution in [3.63, 3.8) is 0 Å². The highest BCUT2D eigenvalue weighted by Gasteiger charge is 2.27. The molecule has 0 aliphatic rings. The third-order valence-electron chi connectivity index (χ3n) is 3.48. The molecule has 0 radical (unpaired) electrons. The van der Waals surface area contributed by atoms with Crippen LogP contribution in [0.2, 0.25) is 0 Å². The van der Waals surface area contributed by atoms with Crippen molar-refractivity contribution in [2.45, 2.75) is 101 Å². The topological polar surface area (TPSA) is 52.6 Å². The van der Waals surface area contributed by atoms with Gasteiger partial charge in [-0.05, 0) is 54.4 Å². The van der Waals surface area contributed by atoms with Crippen molar-refractivity contribution in [2.24, 2.45) is 11.3 Å². The van der Waals surface area contributed by atoms with Crippen LogP contribution in [-0.4, -0.2) is 23.6 Å². The number of rotatable bonds is 6. The Hall–Kier alpha value is -1.06. The first-order chi connectivity index (χ1) is 9.79. The summed E-state index contributed by atoms with van der Waals surface area (Å²) >= 11 is 0. The van der Waals surface area contributed by atoms with Crippen molar-refractivity contribution in [3.05, 3.63) is 0 Å². The third-order valence-corrected chi connectivity index (χ3v) is 3.48. The van der Waals surface area contributed by atoms with Gasteiger partial charge in [-0.3, -0.25) is 9.59 Å². The zero-order chi connectivity index (χ0) is 18.1. The maximum atomic E-state index is 11.3. The fourth-order valence-corrected chi connectivity index (χ4v) is 0.980. The van der Waals surface area contributed by atoms with E-state index >= 15 is 0 Å². The van der Waals surface area contributed by atoms with Gasteiger partial charge in [0.1, 0.15) is 5.60 Å². The molecule has 4 heteroatoms. The summed E-state index contributed by atoms with van der Waals surface area (Å²) < 4.78 is 10.3. The van der Waals surface area contributed by atoms with E-state index in [-0.39, 0.29) is 42.4 Å². The SMILES string of the molecule is C.CCC(C)(C)C(=O)OC(C)C.CCC(C)(C)OC(=O)C(C)C. The van der Waals surface area contributed by atoms with E-state index in [2.05, 4.69) is 0 Å². The summed E-state index contributed by atoms with van der Waals surface area (Å²) in [6, 6.07) is 0. The molecule has 0 aliphatic carbocycles. The van der Waals surface area contributed by atoms with Crippen molar-refractivity contribution in [1.82, 2.24) is 0 Å². The molecule has 0 aromatic heterocycles. The second-order valence-electron chi connectivity index (χ2n) is 7.38. The molecule has 0 spiro atoms. The van der Waals surface area contributed by atoms with Crippen molar-refractivity contribution >= 4 is 11.9 Å². The molecule has 0 atom stereocenters. The van der Waals surface area contributed by atoms with E-state index in [1.165, 1.54) is 0 Å². The first kappa shape index (κ1) is 26.8. The van der Waals surface area contributed by atoms with Gasteiger partial charge in [-0.1, -0.05) is 35.1 Å². The molecule has 0 bridgehead atoms. The second-order valence-corrected chi connectivity index (χ2v) is 7.38. The molecule has 0 unspecified atom stereocenters. The molecule has 4 nitrogen and oxygen atoms in total. The highest BCUT2D eigenvalue weighted by Crippen LogP contribution is 2.22. The highest BCUT2D eigenvalue weighted by molar-refractivity contribution is 5.75. The number of hydrogen-bond acceptors (Lipinski definition) is 4. The zero-order valence-electron chi connectivity index (χ0n) is 16.2. The zero-order valence-corrected chi connectivity index (χ0v) is 16.2. The van der Waals surface area contributed by atoms with Crippen LogP contribution in [0.3, 0.4) is 0 Å². The lowest BCUT2D eigenvalue weighted by Gasteiger charge is -2.24. The smallest absolute Gasteiger partial charge is 0.311 e. The standard InChI is InChI=1S/2C9H18O2.CH4/c1-6-9(4,5)8(10)11-7(2)3;1-6-9(4,5)11-8(10)7(2)3;/h2*7H,6H2,1-5H3;1H4. The van der Waals surface area contributed by atoms with Crippen LogP contribution in [0.1, 0.15) is 89.5 Å². The highest BCUT2D eigenvalue weighted by atomic mass is 16.6. The molecule has 0 saturated carbocycles. The first-order valence-electron chi connectivity index (χ1n) is 8.23. The molecule has 0 rings (SSSR count). The Morgan fingerprint density at radius 1 is 0.913 bits per heavy atom. The van der Waals surface area contributed by atoms with Crippen LogP contribution in [0.4, 0.5) is 0 Å². The van der Waals surface area contributed by atoms with E-state index in [0.29, 0.717) is 0 Å². The van der Waals surface area contributed by atoms with Gasteiger partial charge in [-0.2, -0.15) is 0 Å². The van der Waals surface area contributed by atoms with Gasteiger partial charge in [0, 0.05) is 0 Å². The van der Waals surface area contributed by atoms with E-state index < -0.39 is 0 Å². The van der Waals surface area contributed by atoms with E-state index in [4.69, 9.17) is 9.47 Å². The Balaban J connectivity index is -0.000000333. The quantitative estimate of drug-likeness (QED) is 0.612. The predicted molar refractivity (Wildman–Crippen MR) is 97.3 cm³/mol. The monoisotopic (exact) mass is 332 g/mol. The summed E-state index contributed by atoms with van der Waals surface area (Å²) in [5.41, 5.74) is -0.633. The molecule has 0 N–H and O–H groups in total. The summed E-state index contributed by atoms with van der Waals surface area (Å²) in [5, 5.41) is 0. The Morgan fingerprint density at radius 2 is 1.35 bits per heavy atom. The minimum absolute atomic E-state index is 0. The van der Waals surface area contributed by atoms with Crippen molar-refractivity contribution < 1.29 is 19.1 Å². The molecule has 0 aromatic rings. The van der Waals surface area contributed by atoms with Gasteiger partial charge in [-0.15, -0.1) is 0 Å². The Morgan fingerprint density at radius 3 is 1.61 bits per heavy atom. The van der Waals surface area contributed by atoms with E-state index in [0.717, 1.165) is 12.8 Å². The first-order valence-corrected chi connectivity index (χ1v) is 8.23. The Labute approximate surface area is 144 Å². The molecule has 140 valence electrons. The largest absolute Gasteiger partial charge is 0.463 e. The lowest BCUT2D eigenvalue weighted by atomic mass is 9.91. The van der Waals surface area contributed by atoms with Crippen LogP contribution >= 0.6 is 0 Å². The molecular formula is C19H40O4. The molecule has 0 aliphatic heterocycles. The van der Waals surface area contributed by atoms with Gasteiger partial charge in [0.2, 0.25) is 0 Å². The van der Waals surface area contributed by atoms with Crippen LogP contribution in [0, 0.1) is 11.3 Å². The van der Waals surface area contributed by atoms with Crippen LogP contribution in [-0.2, 0) is 19.1 Å². The van der Waals surface area contributed by atoms with E-state index in [1.54, 1.807) is 0 Å². The minimum atomic E-state index is -0.329. The van der Waals surface area contributed by atoms with Gasteiger partial charge in [0.25, 0.3) is 0 Å². The molecular weight excluding hydrogens is 292 g/mol. The van der Waals surface area contributed by atoms with Crippen LogP contribution in [0.15, 0.2) is 0 Å². The number of hydrogen-bond donors (Lipinski definition) is 0. The van der Waals surface area contributed by atoms with E-state index in [9.17, 15) is 9.59 Å². The van der Waals surface area contributed by atoms with Gasteiger partial charge in [0.05, 0.1) is 17.4 Å². The molecule has 0 fully saturated rings. The number of esters is 2. The normalized spacial score (nSPS) is 11.3. The summed E-state index contributed by atoms with van der Waals surface area (Å²) in [6.45, 7) is 19.1. The van der Waals surface area contributed by atoms with Gasteiger partial charge in [-0.25, -0.2) is 0 Å². The lowest BCUT2D eigenvalue weighted by molar-refractivity contribution is -0.160. The summed E-state index contributed by atoms with van der Waals surface area (Å²) in [5.74, 6) is -0.243. The van der Waals surface area contributed by atoms with Crippen molar-refractivity contribution in [1.29, 1.82) is 0 Å². The molecule has 0 heterocycles. The second kappa shape index (κ2) is 11.5. The number of carbonyl (C=O) groups excluding carboxylic acids is 2. The van der Waals surface area contributed by atoms with Gasteiger partial charge >= 0.3 is 11.9 Å². The lowest BCUT2D eigenvalue weighted by Crippen LogP contribution is -2.29. The Kier molecular flexibility index (Phi) is 13.4. The molecule has 0 amide bonds. The van der Waals surface area contributed by atoms with Crippen LogP contribution in [0.5, 0.6) is 0 Å².